The van der Waals surface area contributed by atoms with Gasteiger partial charge in [0, 0.05) is 0 Å². The normalized spacial score (nSPS) is 26.3. The molecule has 172 valence electrons. The van der Waals surface area contributed by atoms with Crippen molar-refractivity contribution in [3.05, 3.63) is 34.9 Å². The van der Waals surface area contributed by atoms with Crippen molar-refractivity contribution in [2.24, 2.45) is 23.7 Å². The number of allylic oxidation sites excluding steroid dienone is 1. The van der Waals surface area contributed by atoms with Crippen LogP contribution >= 0.6 is 12.6 Å². The van der Waals surface area contributed by atoms with E-state index in [1.54, 1.807) is 6.26 Å². The number of thiol groups is 1. The van der Waals surface area contributed by atoms with Gasteiger partial charge in [0.2, 0.25) is 0 Å². The van der Waals surface area contributed by atoms with Gasteiger partial charge in [0.25, 0.3) is 0 Å². The van der Waals surface area contributed by atoms with Crippen LogP contribution in [0.5, 0.6) is 5.75 Å². The maximum absolute atomic E-state index is 5.72. The topological polar surface area (TPSA) is 9.23 Å². The second kappa shape index (κ2) is 15.0. The lowest BCUT2D eigenvalue weighted by molar-refractivity contribution is 0.160. The van der Waals surface area contributed by atoms with Gasteiger partial charge in [-0.05, 0) is 112 Å². The highest BCUT2D eigenvalue weighted by Crippen LogP contribution is 2.41. The highest BCUT2D eigenvalue weighted by atomic mass is 32.1. The number of rotatable bonds is 5. The van der Waals surface area contributed by atoms with Crippen LogP contribution in [0, 0.1) is 37.5 Å². The van der Waals surface area contributed by atoms with E-state index in [1.165, 1.54) is 68.1 Å². The fourth-order valence-corrected chi connectivity index (χ4v) is 5.12. The van der Waals surface area contributed by atoms with Crippen LogP contribution in [0.25, 0.3) is 6.08 Å². The Morgan fingerprint density at radius 2 is 1.40 bits per heavy atom. The van der Waals surface area contributed by atoms with E-state index < -0.39 is 0 Å². The van der Waals surface area contributed by atoms with Gasteiger partial charge in [-0.25, -0.2) is 0 Å². The van der Waals surface area contributed by atoms with Crippen LogP contribution in [-0.4, -0.2) is 12.9 Å². The predicted molar refractivity (Wildman–Crippen MR) is 139 cm³/mol. The molecule has 1 aromatic carbocycles. The maximum Gasteiger partial charge on any atom is 0.122 e. The zero-order valence-corrected chi connectivity index (χ0v) is 21.7. The van der Waals surface area contributed by atoms with Crippen molar-refractivity contribution in [1.29, 1.82) is 0 Å². The van der Waals surface area contributed by atoms with Crippen molar-refractivity contribution in [1.82, 2.24) is 0 Å². The Morgan fingerprint density at radius 1 is 0.867 bits per heavy atom. The van der Waals surface area contributed by atoms with Crippen LogP contribution in [0.15, 0.2) is 18.2 Å². The van der Waals surface area contributed by atoms with E-state index in [2.05, 4.69) is 57.7 Å². The first-order valence-electron chi connectivity index (χ1n) is 12.4. The molecule has 1 nitrogen and oxygen atoms in total. The van der Waals surface area contributed by atoms with Crippen molar-refractivity contribution in [3.63, 3.8) is 0 Å². The van der Waals surface area contributed by atoms with Crippen LogP contribution in [-0.2, 0) is 0 Å². The Labute approximate surface area is 193 Å². The summed E-state index contributed by atoms with van der Waals surface area (Å²) in [6, 6.07) is 4.35. The lowest BCUT2D eigenvalue weighted by Gasteiger charge is -2.36. The highest BCUT2D eigenvalue weighted by molar-refractivity contribution is 7.79. The van der Waals surface area contributed by atoms with E-state index in [0.717, 1.165) is 36.0 Å². The largest absolute Gasteiger partial charge is 0.494 e. The summed E-state index contributed by atoms with van der Waals surface area (Å²) in [6.07, 6.45) is 18.2. The highest BCUT2D eigenvalue weighted by Gasteiger charge is 2.29. The number of hydrogen-bond donors (Lipinski definition) is 1. The summed E-state index contributed by atoms with van der Waals surface area (Å²) in [5.41, 5.74) is 4.00. The van der Waals surface area contributed by atoms with Gasteiger partial charge in [-0.2, -0.15) is 12.6 Å². The molecule has 0 saturated heterocycles. The summed E-state index contributed by atoms with van der Waals surface area (Å²) < 4.78 is 5.72. The van der Waals surface area contributed by atoms with Crippen molar-refractivity contribution < 1.29 is 4.74 Å². The fraction of sp³-hybridized carbons (Fsp3) is 0.714. The molecule has 0 spiro atoms. The zero-order valence-electron chi connectivity index (χ0n) is 20.8. The molecule has 3 rings (SSSR count). The zero-order chi connectivity index (χ0) is 22.5. The Kier molecular flexibility index (Phi) is 13.6. The average Bonchev–Trinajstić information content (AvgIpc) is 2.80. The predicted octanol–water partition coefficient (Wildman–Crippen LogP) is 8.92. The average molecular weight is 433 g/mol. The van der Waals surface area contributed by atoms with Gasteiger partial charge in [-0.15, -0.1) is 0 Å². The second-order valence-corrected chi connectivity index (χ2v) is 8.89. The second-order valence-electron chi connectivity index (χ2n) is 8.89. The van der Waals surface area contributed by atoms with Gasteiger partial charge >= 0.3 is 0 Å². The molecule has 1 aromatic rings. The molecule has 2 aliphatic carbocycles. The molecule has 30 heavy (non-hydrogen) atoms. The van der Waals surface area contributed by atoms with Crippen LogP contribution in [0.2, 0.25) is 0 Å². The van der Waals surface area contributed by atoms with Crippen molar-refractivity contribution in [2.45, 2.75) is 92.9 Å². The molecule has 0 N–H and O–H groups in total. The standard InChI is InChI=1S/C25H38O.C2H6.CH4S/c1-5-26-25-17-16-22(19(3)20(25)4)13-8-21-9-14-24(15-10-21)23-11-6-18(2)7-12-23;2*1-2/h8,13,16-18,21,23-24H,5-7,9-12,14-15H2,1-4H3;1-2H3;2H,1H3/b13-8+;;. The first-order valence-corrected chi connectivity index (χ1v) is 13.3. The van der Waals surface area contributed by atoms with E-state index in [-0.39, 0.29) is 0 Å². The van der Waals surface area contributed by atoms with Gasteiger partial charge in [-0.1, -0.05) is 51.8 Å². The molecule has 0 aromatic heterocycles. The molecule has 0 bridgehead atoms. The lowest BCUT2D eigenvalue weighted by Crippen LogP contribution is -2.24. The number of ether oxygens (including phenoxy) is 1. The van der Waals surface area contributed by atoms with Crippen molar-refractivity contribution in [3.8, 4) is 5.75 Å². The molecular formula is C28H48OS. The molecule has 2 saturated carbocycles. The summed E-state index contributed by atoms with van der Waals surface area (Å²) in [6.45, 7) is 13.6. The van der Waals surface area contributed by atoms with Crippen molar-refractivity contribution >= 4 is 18.7 Å². The summed E-state index contributed by atoms with van der Waals surface area (Å²) in [4.78, 5) is 0. The third-order valence-electron chi connectivity index (χ3n) is 7.17. The lowest BCUT2D eigenvalue weighted by atomic mass is 9.69. The number of benzene rings is 1. The minimum absolute atomic E-state index is 0.735. The summed E-state index contributed by atoms with van der Waals surface area (Å²) in [5.74, 6) is 4.84. The molecule has 2 fully saturated rings. The molecule has 0 amide bonds. The van der Waals surface area contributed by atoms with Crippen molar-refractivity contribution in [2.75, 3.05) is 12.9 Å². The summed E-state index contributed by atoms with van der Waals surface area (Å²) in [7, 11) is 0. The minimum atomic E-state index is 0.735. The van der Waals surface area contributed by atoms with Gasteiger partial charge < -0.3 is 4.74 Å². The van der Waals surface area contributed by atoms with Gasteiger partial charge in [-0.3, -0.25) is 0 Å². The summed E-state index contributed by atoms with van der Waals surface area (Å²) in [5, 5.41) is 0. The molecular weight excluding hydrogens is 384 g/mol. The maximum atomic E-state index is 5.72. The quantitative estimate of drug-likeness (QED) is 0.457. The van der Waals surface area contributed by atoms with Gasteiger partial charge in [0.15, 0.2) is 0 Å². The molecule has 0 aliphatic heterocycles. The van der Waals surface area contributed by atoms with Gasteiger partial charge in [0.05, 0.1) is 6.61 Å². The van der Waals surface area contributed by atoms with E-state index in [0.29, 0.717) is 0 Å². The Bertz CT molecular complexity index is 605. The Hall–Kier alpha value is -0.890. The van der Waals surface area contributed by atoms with Crippen LogP contribution in [0.1, 0.15) is 95.8 Å². The first-order chi connectivity index (χ1) is 14.6. The minimum Gasteiger partial charge on any atom is -0.494 e. The molecule has 2 heteroatoms. The molecule has 2 aliphatic rings. The SMILES string of the molecule is CC.CCOc1ccc(/C=C/C2CCC(C3CCC(C)CC3)CC2)c(C)c1C.CS. The van der Waals surface area contributed by atoms with E-state index >= 15 is 0 Å². The third-order valence-corrected chi connectivity index (χ3v) is 7.17. The van der Waals surface area contributed by atoms with E-state index in [1.807, 2.05) is 20.8 Å². The van der Waals surface area contributed by atoms with Crippen LogP contribution < -0.4 is 4.74 Å². The van der Waals surface area contributed by atoms with E-state index in [4.69, 9.17) is 4.74 Å². The molecule has 0 radical (unpaired) electrons. The molecule has 0 unspecified atom stereocenters. The Balaban J connectivity index is 0.00000106. The fourth-order valence-electron chi connectivity index (χ4n) is 5.12. The molecule has 0 atom stereocenters. The Morgan fingerprint density at radius 3 is 1.93 bits per heavy atom. The van der Waals surface area contributed by atoms with Gasteiger partial charge in [0.1, 0.15) is 5.75 Å². The third kappa shape index (κ3) is 7.98. The number of hydrogen-bond acceptors (Lipinski definition) is 2. The molecule has 0 heterocycles. The smallest absolute Gasteiger partial charge is 0.122 e. The summed E-state index contributed by atoms with van der Waals surface area (Å²) >= 11 is 3.53. The van der Waals surface area contributed by atoms with Crippen LogP contribution in [0.3, 0.4) is 0 Å². The monoisotopic (exact) mass is 432 g/mol. The van der Waals surface area contributed by atoms with E-state index in [9.17, 15) is 0 Å². The first kappa shape index (κ1) is 27.1. The van der Waals surface area contributed by atoms with Crippen LogP contribution in [0.4, 0.5) is 0 Å².